The Kier molecular flexibility index (Phi) is 10.9. The summed E-state index contributed by atoms with van der Waals surface area (Å²) in [6.45, 7) is 10.4. The third-order valence-electron chi connectivity index (χ3n) is 13.2. The van der Waals surface area contributed by atoms with E-state index in [-0.39, 0.29) is 57.8 Å². The molecule has 1 aliphatic carbocycles. The summed E-state index contributed by atoms with van der Waals surface area (Å²) >= 11 is 6.70. The maximum Gasteiger partial charge on any atom is 0.438 e. The van der Waals surface area contributed by atoms with Gasteiger partial charge in [-0.1, -0.05) is 36.7 Å². The molecule has 0 radical (unpaired) electrons. The average molecular weight is 910 g/mol. The van der Waals surface area contributed by atoms with Crippen molar-refractivity contribution < 1.29 is 22.7 Å². The second-order valence-electron chi connectivity index (χ2n) is 17.1. The van der Waals surface area contributed by atoms with Crippen LogP contribution in [0, 0.1) is 30.4 Å². The number of aromatic amines is 1. The van der Waals surface area contributed by atoms with E-state index in [1.165, 1.54) is 33.7 Å². The summed E-state index contributed by atoms with van der Waals surface area (Å²) in [5.74, 6) is -0.536. The number of hydrogen-bond acceptors (Lipinski definition) is 10. The Hall–Kier alpha value is -6.04. The molecule has 2 aliphatic heterocycles. The predicted octanol–water partition coefficient (Wildman–Crippen LogP) is 7.51. The van der Waals surface area contributed by atoms with E-state index in [0.29, 0.717) is 65.2 Å². The number of H-pyrrole nitrogens is 1. The highest BCUT2D eigenvalue weighted by molar-refractivity contribution is 7.92. The van der Waals surface area contributed by atoms with Crippen LogP contribution < -0.4 is 17.2 Å². The number of fused-ring (bicyclic) bond motifs is 1. The minimum atomic E-state index is -3.08. The van der Waals surface area contributed by atoms with Gasteiger partial charge in [-0.25, -0.2) is 28.0 Å². The normalized spacial score (nSPS) is 21.7. The van der Waals surface area contributed by atoms with Crippen LogP contribution in [0.3, 0.4) is 0 Å². The van der Waals surface area contributed by atoms with Gasteiger partial charge < -0.3 is 19.9 Å². The van der Waals surface area contributed by atoms with E-state index in [0.717, 1.165) is 29.3 Å². The van der Waals surface area contributed by atoms with Crippen LogP contribution in [0.1, 0.15) is 85.4 Å². The van der Waals surface area contributed by atoms with Crippen LogP contribution in [0.5, 0.6) is 0 Å². The van der Waals surface area contributed by atoms with Gasteiger partial charge in [0.1, 0.15) is 22.9 Å². The minimum Gasteiger partial charge on any atom is -0.402 e. The molecular formula is C46H49ClFN9O6S. The third-order valence-corrected chi connectivity index (χ3v) is 15.4. The van der Waals surface area contributed by atoms with Crippen LogP contribution in [-0.2, 0) is 20.0 Å². The molecule has 18 heteroatoms. The van der Waals surface area contributed by atoms with Gasteiger partial charge in [-0.05, 0) is 117 Å². The van der Waals surface area contributed by atoms with Crippen LogP contribution in [0.4, 0.5) is 10.1 Å². The van der Waals surface area contributed by atoms with Gasteiger partial charge in [-0.3, -0.25) is 23.4 Å². The van der Waals surface area contributed by atoms with Crippen molar-refractivity contribution in [2.75, 3.05) is 25.5 Å². The van der Waals surface area contributed by atoms with Crippen LogP contribution in [-0.4, -0.2) is 76.2 Å². The third kappa shape index (κ3) is 7.22. The smallest absolute Gasteiger partial charge is 0.402 e. The summed E-state index contributed by atoms with van der Waals surface area (Å²) in [6, 6.07) is 15.1. The van der Waals surface area contributed by atoms with Crippen LogP contribution in [0.2, 0.25) is 5.02 Å². The second kappa shape index (κ2) is 16.2. The Balaban J connectivity index is 1.17. The van der Waals surface area contributed by atoms with E-state index in [2.05, 4.69) is 22.3 Å². The molecule has 6 aromatic rings. The number of carbonyl (C=O) groups excluding carboxylic acids is 1. The Labute approximate surface area is 373 Å². The first kappa shape index (κ1) is 43.2. The fourth-order valence-corrected chi connectivity index (χ4v) is 10.8. The molecule has 9 rings (SSSR count). The Bertz CT molecular complexity index is 3150. The van der Waals surface area contributed by atoms with Crippen molar-refractivity contribution in [2.45, 2.75) is 82.7 Å². The molecule has 64 heavy (non-hydrogen) atoms. The highest BCUT2D eigenvalue weighted by atomic mass is 35.5. The molecule has 15 nitrogen and oxygen atoms in total. The van der Waals surface area contributed by atoms with Crippen molar-refractivity contribution in [2.24, 2.45) is 16.6 Å². The van der Waals surface area contributed by atoms with Gasteiger partial charge >= 0.3 is 11.4 Å². The molecule has 3 aromatic carbocycles. The molecule has 1 saturated carbocycles. The molecule has 4 atom stereocenters. The first-order valence-corrected chi connectivity index (χ1v) is 23.5. The number of halogens is 2. The summed E-state index contributed by atoms with van der Waals surface area (Å²) in [4.78, 5) is 52.1. The average Bonchev–Trinajstić information content (AvgIpc) is 3.59. The summed E-state index contributed by atoms with van der Waals surface area (Å²) < 4.78 is 51.4. The molecule has 2 fully saturated rings. The number of aliphatic imine (C=N–C) groups is 1. The van der Waals surface area contributed by atoms with Gasteiger partial charge in [0.05, 0.1) is 32.2 Å². The molecule has 5 heterocycles. The lowest BCUT2D eigenvalue weighted by molar-refractivity contribution is 0.0697. The Morgan fingerprint density at radius 3 is 2.44 bits per heavy atom. The zero-order valence-corrected chi connectivity index (χ0v) is 37.7. The number of hydrogen-bond donors (Lipinski definition) is 3. The fraction of sp³-hybridized carbons (Fsp3) is 0.370. The number of carbonyl (C=O) groups is 1. The molecule has 0 spiro atoms. The number of benzene rings is 3. The lowest BCUT2D eigenvalue weighted by Gasteiger charge is -2.37. The van der Waals surface area contributed by atoms with Gasteiger partial charge in [0.25, 0.3) is 5.91 Å². The number of amides is 1. The summed E-state index contributed by atoms with van der Waals surface area (Å²) in [5, 5.41) is 5.12. The summed E-state index contributed by atoms with van der Waals surface area (Å²) in [5.41, 5.74) is 9.98. The van der Waals surface area contributed by atoms with E-state index in [4.69, 9.17) is 36.4 Å². The zero-order chi connectivity index (χ0) is 45.4. The number of aromatic nitrogens is 5. The summed E-state index contributed by atoms with van der Waals surface area (Å²) in [6.07, 6.45) is 5.65. The predicted molar refractivity (Wildman–Crippen MR) is 242 cm³/mol. The molecule has 1 saturated heterocycles. The largest absolute Gasteiger partial charge is 0.438 e. The molecule has 3 aliphatic rings. The van der Waals surface area contributed by atoms with Gasteiger partial charge in [-0.2, -0.15) is 0 Å². The van der Waals surface area contributed by atoms with Crippen molar-refractivity contribution >= 4 is 49.7 Å². The summed E-state index contributed by atoms with van der Waals surface area (Å²) in [7, 11) is -3.08. The van der Waals surface area contributed by atoms with Gasteiger partial charge in [-0.15, -0.1) is 0 Å². The molecule has 1 amide bonds. The standard InChI is InChI=1S/C46H49ClFN9O6S/c1-6-64(50,61)33-8-10-37(34(47)23-33)55-15-16-56(45(55)60)41(51-32-19-25(2)40(48)26(3)20-32)39-28(5)54(14-11-35(39)49)42(58)38-22-31-21-30(29-12-17-62-18-13-29)7-9-36(31)57(38)46(24-27(46)4)43-52-44(59)63-53-43/h7-10,15-16,19-23,27-29,50H,6,11-14,17-18,24,49H2,1-5H3,(H,52,53,59)/t27-,28-,46-,64+/m0/s1. The number of nitrogens with two attached hydrogens (primary N) is 1. The quantitative estimate of drug-likeness (QED) is 0.0978. The van der Waals surface area contributed by atoms with E-state index < -0.39 is 32.8 Å². The fourth-order valence-electron chi connectivity index (χ4n) is 9.56. The number of ether oxygens (including phenoxy) is 1. The molecule has 4 N–H and O–H groups in total. The van der Waals surface area contributed by atoms with Crippen molar-refractivity contribution in [1.82, 2.24) is 28.7 Å². The molecular weight excluding hydrogens is 861 g/mol. The number of nitrogens with zero attached hydrogens (tertiary/aromatic N) is 6. The van der Waals surface area contributed by atoms with E-state index in [1.54, 1.807) is 43.9 Å². The Morgan fingerprint density at radius 2 is 1.80 bits per heavy atom. The molecule has 334 valence electrons. The van der Waals surface area contributed by atoms with E-state index >= 15 is 4.79 Å². The number of aryl methyl sites for hydroxylation is 2. The van der Waals surface area contributed by atoms with Crippen molar-refractivity contribution in [3.8, 4) is 5.69 Å². The van der Waals surface area contributed by atoms with Crippen molar-refractivity contribution in [3.63, 3.8) is 0 Å². The second-order valence-corrected chi connectivity index (χ2v) is 19.9. The number of rotatable bonds is 9. The van der Waals surface area contributed by atoms with Crippen molar-refractivity contribution in [1.29, 1.82) is 4.78 Å². The first-order valence-electron chi connectivity index (χ1n) is 21.4. The van der Waals surface area contributed by atoms with Crippen LogP contribution >= 0.6 is 11.6 Å². The Morgan fingerprint density at radius 1 is 1.08 bits per heavy atom. The minimum absolute atomic E-state index is 0.0138. The highest BCUT2D eigenvalue weighted by Crippen LogP contribution is 2.56. The lowest BCUT2D eigenvalue weighted by atomic mass is 9.91. The van der Waals surface area contributed by atoms with Gasteiger partial charge in [0.2, 0.25) is 0 Å². The highest BCUT2D eigenvalue weighted by Gasteiger charge is 2.59. The molecule has 3 aromatic heterocycles. The van der Waals surface area contributed by atoms with Crippen LogP contribution in [0.25, 0.3) is 16.6 Å². The van der Waals surface area contributed by atoms with Crippen molar-refractivity contribution in [3.05, 3.63) is 138 Å². The van der Waals surface area contributed by atoms with Crippen LogP contribution in [0.15, 0.2) is 102 Å². The van der Waals surface area contributed by atoms with E-state index in [9.17, 15) is 18.2 Å². The lowest BCUT2D eigenvalue weighted by Crippen LogP contribution is -2.49. The molecule has 0 bridgehead atoms. The SMILES string of the molecule is CC[S@@](=N)(=O)c1ccc(-n2ccn(C(=Nc3cc(C)c(F)c(C)c3)C3=C(N)CCN(C(=O)c4cc5cc(C6CCOCC6)ccc5n4[C@@]4(c5noc(=O)[nH]5)C[C@@H]4C)[C@H]3C)c2=O)c(Cl)c1. The van der Waals surface area contributed by atoms with Gasteiger partial charge in [0.15, 0.2) is 5.82 Å². The zero-order valence-electron chi connectivity index (χ0n) is 36.1. The number of nitrogens with one attached hydrogen (secondary N) is 2. The number of imidazole rings is 1. The molecule has 0 unspecified atom stereocenters. The topological polar surface area (TPSA) is 200 Å². The van der Waals surface area contributed by atoms with E-state index in [1.807, 2.05) is 30.5 Å². The first-order chi connectivity index (χ1) is 30.5. The van der Waals surface area contributed by atoms with Gasteiger partial charge in [0, 0.05) is 71.4 Å². The monoisotopic (exact) mass is 909 g/mol. The maximum atomic E-state index is 15.4. The maximum absolute atomic E-state index is 15.4.